The van der Waals surface area contributed by atoms with Crippen LogP contribution in [0.15, 0.2) is 0 Å². The summed E-state index contributed by atoms with van der Waals surface area (Å²) in [6.07, 6.45) is 7.83. The maximum Gasteiger partial charge on any atom is 0.306 e. The Morgan fingerprint density at radius 2 is 1.65 bits per heavy atom. The Kier molecular flexibility index (Phi) is 9.49. The number of carbonyl (C=O) groups is 2. The first-order valence-corrected chi connectivity index (χ1v) is 6.59. The van der Waals surface area contributed by atoms with Crippen molar-refractivity contribution in [1.29, 1.82) is 0 Å². The summed E-state index contributed by atoms with van der Waals surface area (Å²) >= 11 is 0. The first kappa shape index (κ1) is 15.9. The quantitative estimate of drug-likeness (QED) is 0.547. The molecule has 0 aliphatic heterocycles. The van der Waals surface area contributed by atoms with Crippen LogP contribution in [0.1, 0.15) is 64.7 Å². The SMILES string of the molecule is CCCCCCCC(CCCC(N)=O)C(=O)O. The van der Waals surface area contributed by atoms with Crippen molar-refractivity contribution in [3.63, 3.8) is 0 Å². The van der Waals surface area contributed by atoms with Gasteiger partial charge in [-0.15, -0.1) is 0 Å². The Morgan fingerprint density at radius 1 is 1.06 bits per heavy atom. The van der Waals surface area contributed by atoms with Crippen molar-refractivity contribution in [3.05, 3.63) is 0 Å². The normalized spacial score (nSPS) is 12.3. The van der Waals surface area contributed by atoms with E-state index in [1.807, 2.05) is 0 Å². The molecule has 1 amide bonds. The zero-order valence-electron chi connectivity index (χ0n) is 10.8. The lowest BCUT2D eigenvalue weighted by Crippen LogP contribution is -2.16. The molecule has 4 heteroatoms. The van der Waals surface area contributed by atoms with Crippen LogP contribution in [-0.2, 0) is 9.59 Å². The second-order valence-electron chi connectivity index (χ2n) is 4.60. The summed E-state index contributed by atoms with van der Waals surface area (Å²) in [6, 6.07) is 0. The molecule has 100 valence electrons. The minimum absolute atomic E-state index is 0.291. The molecule has 0 fully saturated rings. The number of aliphatic carboxylic acids is 1. The van der Waals surface area contributed by atoms with Gasteiger partial charge in [-0.25, -0.2) is 0 Å². The Hall–Kier alpha value is -1.06. The van der Waals surface area contributed by atoms with Crippen LogP contribution in [0, 0.1) is 5.92 Å². The van der Waals surface area contributed by atoms with Crippen LogP contribution >= 0.6 is 0 Å². The molecule has 4 nitrogen and oxygen atoms in total. The lowest BCUT2D eigenvalue weighted by atomic mass is 9.95. The predicted octanol–water partition coefficient (Wildman–Crippen LogP) is 2.70. The molecule has 0 saturated heterocycles. The molecule has 0 saturated carbocycles. The molecule has 0 aromatic heterocycles. The molecular formula is C13H25NO3. The van der Waals surface area contributed by atoms with Crippen molar-refractivity contribution in [1.82, 2.24) is 0 Å². The molecular weight excluding hydrogens is 218 g/mol. The van der Waals surface area contributed by atoms with Crippen LogP contribution in [0.25, 0.3) is 0 Å². The number of amides is 1. The number of carboxylic acids is 1. The molecule has 0 aromatic carbocycles. The van der Waals surface area contributed by atoms with Gasteiger partial charge in [0.05, 0.1) is 5.92 Å². The Balaban J connectivity index is 3.67. The number of carboxylic acid groups (broad SMARTS) is 1. The molecule has 0 bridgehead atoms. The first-order valence-electron chi connectivity index (χ1n) is 6.59. The second kappa shape index (κ2) is 10.1. The zero-order valence-corrected chi connectivity index (χ0v) is 10.8. The average molecular weight is 243 g/mol. The van der Waals surface area contributed by atoms with Gasteiger partial charge in [-0.05, 0) is 19.3 Å². The van der Waals surface area contributed by atoms with Gasteiger partial charge in [0.1, 0.15) is 0 Å². The molecule has 17 heavy (non-hydrogen) atoms. The van der Waals surface area contributed by atoms with Crippen molar-refractivity contribution < 1.29 is 14.7 Å². The largest absolute Gasteiger partial charge is 0.481 e. The maximum absolute atomic E-state index is 11.0. The summed E-state index contributed by atoms with van der Waals surface area (Å²) < 4.78 is 0. The minimum Gasteiger partial charge on any atom is -0.481 e. The fraction of sp³-hybridized carbons (Fsp3) is 0.846. The monoisotopic (exact) mass is 243 g/mol. The third-order valence-electron chi connectivity index (χ3n) is 2.98. The third-order valence-corrected chi connectivity index (χ3v) is 2.98. The lowest BCUT2D eigenvalue weighted by molar-refractivity contribution is -0.142. The van der Waals surface area contributed by atoms with E-state index in [0.717, 1.165) is 19.3 Å². The summed E-state index contributed by atoms with van der Waals surface area (Å²) in [5.74, 6) is -1.40. The molecule has 0 aliphatic carbocycles. The summed E-state index contributed by atoms with van der Waals surface area (Å²) in [5, 5.41) is 9.03. The van der Waals surface area contributed by atoms with E-state index >= 15 is 0 Å². The van der Waals surface area contributed by atoms with Crippen LogP contribution in [0.2, 0.25) is 0 Å². The summed E-state index contributed by atoms with van der Waals surface area (Å²) in [7, 11) is 0. The average Bonchev–Trinajstić information content (AvgIpc) is 2.25. The van der Waals surface area contributed by atoms with Gasteiger partial charge < -0.3 is 10.8 Å². The second-order valence-corrected chi connectivity index (χ2v) is 4.60. The molecule has 1 atom stereocenters. The van der Waals surface area contributed by atoms with Crippen molar-refractivity contribution in [3.8, 4) is 0 Å². The van der Waals surface area contributed by atoms with Crippen molar-refractivity contribution in [2.24, 2.45) is 11.7 Å². The highest BCUT2D eigenvalue weighted by Crippen LogP contribution is 2.17. The lowest BCUT2D eigenvalue weighted by Gasteiger charge is -2.11. The number of nitrogens with two attached hydrogens (primary N) is 1. The number of primary amides is 1. The van der Waals surface area contributed by atoms with Gasteiger partial charge in [0, 0.05) is 6.42 Å². The third kappa shape index (κ3) is 9.85. The highest BCUT2D eigenvalue weighted by Gasteiger charge is 2.16. The fourth-order valence-corrected chi connectivity index (χ4v) is 1.91. The van der Waals surface area contributed by atoms with Crippen molar-refractivity contribution in [2.45, 2.75) is 64.7 Å². The molecule has 0 spiro atoms. The summed E-state index contributed by atoms with van der Waals surface area (Å²) in [6.45, 7) is 2.16. The summed E-state index contributed by atoms with van der Waals surface area (Å²) in [4.78, 5) is 21.5. The smallest absolute Gasteiger partial charge is 0.306 e. The molecule has 3 N–H and O–H groups in total. The van der Waals surface area contributed by atoms with E-state index in [-0.39, 0.29) is 11.8 Å². The van der Waals surface area contributed by atoms with Gasteiger partial charge in [0.25, 0.3) is 0 Å². The van der Waals surface area contributed by atoms with Gasteiger partial charge in [0.2, 0.25) is 5.91 Å². The first-order chi connectivity index (χ1) is 8.07. The Bertz CT molecular complexity index is 229. The highest BCUT2D eigenvalue weighted by atomic mass is 16.4. The van der Waals surface area contributed by atoms with Crippen LogP contribution in [0.5, 0.6) is 0 Å². The fourth-order valence-electron chi connectivity index (χ4n) is 1.91. The van der Waals surface area contributed by atoms with E-state index in [4.69, 9.17) is 10.8 Å². The topological polar surface area (TPSA) is 80.4 Å². The molecule has 1 unspecified atom stereocenters. The van der Waals surface area contributed by atoms with Crippen molar-refractivity contribution >= 4 is 11.9 Å². The van der Waals surface area contributed by atoms with E-state index < -0.39 is 5.97 Å². The maximum atomic E-state index is 11.0. The van der Waals surface area contributed by atoms with Gasteiger partial charge in [-0.3, -0.25) is 9.59 Å². The number of unbranched alkanes of at least 4 members (excludes halogenated alkanes) is 4. The van der Waals surface area contributed by atoms with Gasteiger partial charge in [-0.1, -0.05) is 39.0 Å². The number of rotatable bonds is 11. The number of carbonyl (C=O) groups excluding carboxylic acids is 1. The van der Waals surface area contributed by atoms with E-state index in [1.54, 1.807) is 0 Å². The molecule has 0 rings (SSSR count). The van der Waals surface area contributed by atoms with E-state index in [9.17, 15) is 9.59 Å². The van der Waals surface area contributed by atoms with Crippen LogP contribution in [-0.4, -0.2) is 17.0 Å². The zero-order chi connectivity index (χ0) is 13.1. The predicted molar refractivity (Wildman–Crippen MR) is 67.5 cm³/mol. The number of hydrogen-bond acceptors (Lipinski definition) is 2. The van der Waals surface area contributed by atoms with E-state index in [0.29, 0.717) is 19.3 Å². The van der Waals surface area contributed by atoms with Crippen LogP contribution < -0.4 is 5.73 Å². The minimum atomic E-state index is -0.745. The number of hydrogen-bond donors (Lipinski definition) is 2. The molecule has 0 radical (unpaired) electrons. The van der Waals surface area contributed by atoms with Crippen molar-refractivity contribution in [2.75, 3.05) is 0 Å². The van der Waals surface area contributed by atoms with Crippen LogP contribution in [0.4, 0.5) is 0 Å². The Morgan fingerprint density at radius 3 is 2.18 bits per heavy atom. The van der Waals surface area contributed by atoms with Gasteiger partial charge in [-0.2, -0.15) is 0 Å². The highest BCUT2D eigenvalue weighted by molar-refractivity contribution is 5.74. The standard InChI is InChI=1S/C13H25NO3/c1-2-3-4-5-6-8-11(13(16)17)9-7-10-12(14)15/h11H,2-10H2,1H3,(H2,14,15)(H,16,17). The van der Waals surface area contributed by atoms with E-state index in [2.05, 4.69) is 6.92 Å². The Labute approximate surface area is 104 Å². The molecule has 0 aliphatic rings. The van der Waals surface area contributed by atoms with Gasteiger partial charge in [0.15, 0.2) is 0 Å². The van der Waals surface area contributed by atoms with Crippen LogP contribution in [0.3, 0.4) is 0 Å². The summed E-state index contributed by atoms with van der Waals surface area (Å²) in [5.41, 5.74) is 5.02. The van der Waals surface area contributed by atoms with E-state index in [1.165, 1.54) is 19.3 Å². The molecule has 0 heterocycles. The molecule has 0 aromatic rings. The van der Waals surface area contributed by atoms with Gasteiger partial charge >= 0.3 is 5.97 Å².